The van der Waals surface area contributed by atoms with Crippen LogP contribution in [0.5, 0.6) is 0 Å². The van der Waals surface area contributed by atoms with Gasteiger partial charge in [0.2, 0.25) is 10.0 Å². The molecule has 102 valence electrons. The minimum atomic E-state index is -4.02. The van der Waals surface area contributed by atoms with Crippen LogP contribution in [0.2, 0.25) is 0 Å². The van der Waals surface area contributed by atoms with E-state index in [0.717, 1.165) is 12.1 Å². The smallest absolute Gasteiger partial charge is 0.238 e. The Labute approximate surface area is 104 Å². The molecule has 0 fully saturated rings. The van der Waals surface area contributed by atoms with E-state index < -0.39 is 32.9 Å². The Kier molecular flexibility index (Phi) is 4.77. The van der Waals surface area contributed by atoms with Gasteiger partial charge in [-0.05, 0) is 18.6 Å². The van der Waals surface area contributed by atoms with Crippen LogP contribution in [0.15, 0.2) is 23.1 Å². The van der Waals surface area contributed by atoms with Crippen molar-refractivity contribution in [3.8, 4) is 0 Å². The molecule has 2 unspecified atom stereocenters. The molecule has 0 aliphatic carbocycles. The fourth-order valence-corrected chi connectivity index (χ4v) is 1.95. The van der Waals surface area contributed by atoms with E-state index in [1.54, 1.807) is 0 Å². The number of hydrogen-bond acceptors (Lipinski definition) is 5. The number of aliphatic hydroxyl groups excluding tert-OH is 3. The lowest BCUT2D eigenvalue weighted by atomic mass is 10.0. The average molecular weight is 279 g/mol. The molecule has 2 atom stereocenters. The molecule has 0 saturated carbocycles. The van der Waals surface area contributed by atoms with Crippen molar-refractivity contribution in [3.63, 3.8) is 0 Å². The number of benzene rings is 1. The minimum absolute atomic E-state index is 0.127. The second-order valence-corrected chi connectivity index (χ2v) is 5.31. The van der Waals surface area contributed by atoms with Crippen molar-refractivity contribution in [1.29, 1.82) is 0 Å². The predicted molar refractivity (Wildman–Crippen MR) is 60.4 cm³/mol. The molecule has 0 aliphatic heterocycles. The van der Waals surface area contributed by atoms with Crippen LogP contribution in [0.25, 0.3) is 0 Å². The monoisotopic (exact) mass is 279 g/mol. The molecule has 0 aliphatic rings. The highest BCUT2D eigenvalue weighted by molar-refractivity contribution is 7.89. The maximum Gasteiger partial charge on any atom is 0.238 e. The van der Waals surface area contributed by atoms with Gasteiger partial charge in [-0.15, -0.1) is 0 Å². The van der Waals surface area contributed by atoms with E-state index in [-0.39, 0.29) is 18.6 Å². The molecule has 0 bridgehead atoms. The first-order valence-electron chi connectivity index (χ1n) is 5.06. The van der Waals surface area contributed by atoms with Gasteiger partial charge < -0.3 is 15.3 Å². The molecule has 0 heterocycles. The second-order valence-electron chi connectivity index (χ2n) is 3.75. The van der Waals surface area contributed by atoms with Gasteiger partial charge in [0, 0.05) is 12.2 Å². The number of halogens is 1. The van der Waals surface area contributed by atoms with Crippen LogP contribution in [0.1, 0.15) is 18.1 Å². The Bertz CT molecular complexity index is 519. The summed E-state index contributed by atoms with van der Waals surface area (Å²) in [5.74, 6) is -0.994. The van der Waals surface area contributed by atoms with Crippen LogP contribution < -0.4 is 5.14 Å². The van der Waals surface area contributed by atoms with Crippen molar-refractivity contribution < 1.29 is 28.1 Å². The Morgan fingerprint density at radius 2 is 1.94 bits per heavy atom. The lowest BCUT2D eigenvalue weighted by Crippen LogP contribution is -2.21. The molecule has 8 heteroatoms. The topological polar surface area (TPSA) is 121 Å². The summed E-state index contributed by atoms with van der Waals surface area (Å²) in [6.45, 7) is -0.366. The molecule has 1 aromatic rings. The third-order valence-corrected chi connectivity index (χ3v) is 3.32. The second kappa shape index (κ2) is 5.72. The van der Waals surface area contributed by atoms with Crippen LogP contribution in [-0.4, -0.2) is 36.4 Å². The molecule has 18 heavy (non-hydrogen) atoms. The first kappa shape index (κ1) is 15.0. The zero-order chi connectivity index (χ0) is 13.9. The quantitative estimate of drug-likeness (QED) is 0.565. The van der Waals surface area contributed by atoms with Gasteiger partial charge in [0.15, 0.2) is 0 Å². The van der Waals surface area contributed by atoms with Crippen molar-refractivity contribution in [3.05, 3.63) is 29.6 Å². The van der Waals surface area contributed by atoms with E-state index in [9.17, 15) is 23.0 Å². The van der Waals surface area contributed by atoms with Crippen molar-refractivity contribution in [2.24, 2.45) is 5.14 Å². The first-order valence-corrected chi connectivity index (χ1v) is 6.61. The van der Waals surface area contributed by atoms with Gasteiger partial charge in [-0.1, -0.05) is 6.07 Å². The number of hydrogen-bond donors (Lipinski definition) is 4. The number of aliphatic hydroxyl groups is 3. The van der Waals surface area contributed by atoms with Crippen molar-refractivity contribution in [2.75, 3.05) is 6.61 Å². The fraction of sp³-hybridized carbons (Fsp3) is 0.400. The van der Waals surface area contributed by atoms with E-state index in [1.165, 1.54) is 0 Å². The number of primary sulfonamides is 1. The number of rotatable bonds is 5. The fourth-order valence-electron chi connectivity index (χ4n) is 1.42. The Balaban J connectivity index is 3.06. The zero-order valence-electron chi connectivity index (χ0n) is 9.32. The molecule has 0 radical (unpaired) electrons. The Morgan fingerprint density at radius 3 is 2.39 bits per heavy atom. The molecule has 1 aromatic carbocycles. The standard InChI is InChI=1S/C10H14FNO5S/c11-8-5-6(18(12,16)17)1-2-7(8)10(15)9(14)3-4-13/h1-2,5,9-10,13-15H,3-4H2,(H2,12,16,17). The Morgan fingerprint density at radius 1 is 1.33 bits per heavy atom. The zero-order valence-corrected chi connectivity index (χ0v) is 10.1. The van der Waals surface area contributed by atoms with Gasteiger partial charge in [-0.2, -0.15) is 0 Å². The van der Waals surface area contributed by atoms with Gasteiger partial charge >= 0.3 is 0 Å². The van der Waals surface area contributed by atoms with Gasteiger partial charge in [-0.25, -0.2) is 17.9 Å². The van der Waals surface area contributed by atoms with Gasteiger partial charge in [0.1, 0.15) is 11.9 Å². The minimum Gasteiger partial charge on any atom is -0.396 e. The summed E-state index contributed by atoms with van der Waals surface area (Å²) in [6, 6.07) is 2.72. The van der Waals surface area contributed by atoms with Crippen LogP contribution in [0.4, 0.5) is 4.39 Å². The number of nitrogens with two attached hydrogens (primary N) is 1. The number of sulfonamides is 1. The molecule has 0 spiro atoms. The van der Waals surface area contributed by atoms with Gasteiger partial charge in [0.25, 0.3) is 0 Å². The molecule has 1 rings (SSSR count). The summed E-state index contributed by atoms with van der Waals surface area (Å²) in [4.78, 5) is -0.424. The van der Waals surface area contributed by atoms with Crippen LogP contribution >= 0.6 is 0 Å². The third-order valence-electron chi connectivity index (χ3n) is 2.41. The Hall–Kier alpha value is -1.06. The summed E-state index contributed by atoms with van der Waals surface area (Å²) in [5.41, 5.74) is -0.261. The normalized spacial score (nSPS) is 15.4. The molecule has 5 N–H and O–H groups in total. The lowest BCUT2D eigenvalue weighted by molar-refractivity contribution is 0.00232. The summed E-state index contributed by atoms with van der Waals surface area (Å²) < 4.78 is 35.5. The molecular weight excluding hydrogens is 265 g/mol. The van der Waals surface area contributed by atoms with Crippen molar-refractivity contribution in [1.82, 2.24) is 0 Å². The molecule has 0 saturated heterocycles. The van der Waals surface area contributed by atoms with Gasteiger partial charge in [-0.3, -0.25) is 0 Å². The lowest BCUT2D eigenvalue weighted by Gasteiger charge is -2.18. The maximum atomic E-state index is 13.6. The SMILES string of the molecule is NS(=O)(=O)c1ccc(C(O)C(O)CCO)c(F)c1. The highest BCUT2D eigenvalue weighted by Crippen LogP contribution is 2.23. The summed E-state index contributed by atoms with van der Waals surface area (Å²) in [5, 5.41) is 32.4. The molecular formula is C10H14FNO5S. The molecule has 0 amide bonds. The van der Waals surface area contributed by atoms with E-state index in [4.69, 9.17) is 10.2 Å². The third kappa shape index (κ3) is 3.47. The van der Waals surface area contributed by atoms with Crippen LogP contribution in [0, 0.1) is 5.82 Å². The van der Waals surface area contributed by atoms with Crippen molar-refractivity contribution >= 4 is 10.0 Å². The van der Waals surface area contributed by atoms with E-state index in [0.29, 0.717) is 6.07 Å². The van der Waals surface area contributed by atoms with Gasteiger partial charge in [0.05, 0.1) is 11.0 Å². The first-order chi connectivity index (χ1) is 8.27. The average Bonchev–Trinajstić information content (AvgIpc) is 2.27. The van der Waals surface area contributed by atoms with E-state index in [2.05, 4.69) is 0 Å². The van der Waals surface area contributed by atoms with Crippen molar-refractivity contribution in [2.45, 2.75) is 23.5 Å². The molecule has 0 aromatic heterocycles. The highest BCUT2D eigenvalue weighted by Gasteiger charge is 2.22. The van der Waals surface area contributed by atoms with E-state index >= 15 is 0 Å². The highest BCUT2D eigenvalue weighted by atomic mass is 32.2. The molecule has 6 nitrogen and oxygen atoms in total. The summed E-state index contributed by atoms with van der Waals surface area (Å²) >= 11 is 0. The van der Waals surface area contributed by atoms with Crippen LogP contribution in [-0.2, 0) is 10.0 Å². The van der Waals surface area contributed by atoms with Crippen LogP contribution in [0.3, 0.4) is 0 Å². The maximum absolute atomic E-state index is 13.6. The predicted octanol–water partition coefficient (Wildman–Crippen LogP) is -0.750. The summed E-state index contributed by atoms with van der Waals surface area (Å²) in [6.07, 6.45) is -3.02. The summed E-state index contributed by atoms with van der Waals surface area (Å²) in [7, 11) is -4.02. The van der Waals surface area contributed by atoms with E-state index in [1.807, 2.05) is 0 Å². The largest absolute Gasteiger partial charge is 0.396 e.